The van der Waals surface area contributed by atoms with Gasteiger partial charge in [-0.05, 0) is 42.5 Å². The molecule has 0 unspecified atom stereocenters. The number of fused-ring (bicyclic) bond motifs is 1. The number of hydrogen-bond acceptors (Lipinski definition) is 5. The normalized spacial score (nSPS) is 12.4. The minimum absolute atomic E-state index is 0.0127. The fourth-order valence-electron chi connectivity index (χ4n) is 2.33. The molecule has 0 spiro atoms. The number of carbonyl (C=O) groups is 2. The predicted molar refractivity (Wildman–Crippen MR) is 91.4 cm³/mol. The van der Waals surface area contributed by atoms with Crippen LogP contribution in [0.1, 0.15) is 10.4 Å². The number of methoxy groups -OCH3 is 1. The second kappa shape index (κ2) is 7.57. The van der Waals surface area contributed by atoms with Crippen LogP contribution < -0.4 is 24.8 Å². The molecule has 2 amide bonds. The van der Waals surface area contributed by atoms with Crippen molar-refractivity contribution in [2.75, 3.05) is 32.2 Å². The van der Waals surface area contributed by atoms with Crippen LogP contribution >= 0.6 is 0 Å². The standard InChI is InChI=1S/C18H18N2O5/c1-23-13-3-5-14(6-4-13)24-9-8-19-18(22)12-2-7-16-15(10-12)20-17(21)11-25-16/h2-7,10H,8-9,11H2,1H3,(H,19,22)(H,20,21). The molecule has 7 heteroatoms. The molecular weight excluding hydrogens is 324 g/mol. The van der Waals surface area contributed by atoms with Gasteiger partial charge in [0.05, 0.1) is 19.3 Å². The summed E-state index contributed by atoms with van der Waals surface area (Å²) in [6, 6.07) is 12.1. The fourth-order valence-corrected chi connectivity index (χ4v) is 2.33. The monoisotopic (exact) mass is 342 g/mol. The lowest BCUT2D eigenvalue weighted by atomic mass is 10.1. The van der Waals surface area contributed by atoms with Crippen molar-refractivity contribution in [1.29, 1.82) is 0 Å². The molecule has 2 aromatic carbocycles. The fraction of sp³-hybridized carbons (Fsp3) is 0.222. The number of hydrogen-bond donors (Lipinski definition) is 2. The molecule has 3 rings (SSSR count). The zero-order chi connectivity index (χ0) is 17.6. The molecule has 2 aromatic rings. The van der Waals surface area contributed by atoms with E-state index in [9.17, 15) is 9.59 Å². The van der Waals surface area contributed by atoms with Gasteiger partial charge in [0.25, 0.3) is 11.8 Å². The van der Waals surface area contributed by atoms with Gasteiger partial charge in [-0.25, -0.2) is 0 Å². The van der Waals surface area contributed by atoms with Gasteiger partial charge in [-0.3, -0.25) is 9.59 Å². The third-order valence-electron chi connectivity index (χ3n) is 3.59. The minimum atomic E-state index is -0.249. The Balaban J connectivity index is 1.49. The van der Waals surface area contributed by atoms with Crippen LogP contribution in [0.15, 0.2) is 42.5 Å². The molecule has 0 fully saturated rings. The van der Waals surface area contributed by atoms with Crippen LogP contribution in [-0.2, 0) is 4.79 Å². The van der Waals surface area contributed by atoms with Gasteiger partial charge in [0.15, 0.2) is 6.61 Å². The van der Waals surface area contributed by atoms with Gasteiger partial charge in [-0.1, -0.05) is 0 Å². The molecule has 0 saturated carbocycles. The first-order valence-corrected chi connectivity index (χ1v) is 7.77. The summed E-state index contributed by atoms with van der Waals surface area (Å²) >= 11 is 0. The summed E-state index contributed by atoms with van der Waals surface area (Å²) in [5.74, 6) is 1.52. The lowest BCUT2D eigenvalue weighted by Gasteiger charge is -2.18. The van der Waals surface area contributed by atoms with Gasteiger partial charge >= 0.3 is 0 Å². The highest BCUT2D eigenvalue weighted by atomic mass is 16.5. The van der Waals surface area contributed by atoms with Crippen molar-refractivity contribution in [2.24, 2.45) is 0 Å². The summed E-state index contributed by atoms with van der Waals surface area (Å²) in [7, 11) is 1.60. The number of carbonyl (C=O) groups excluding carboxylic acids is 2. The Hall–Kier alpha value is -3.22. The van der Waals surface area contributed by atoms with Crippen molar-refractivity contribution in [3.8, 4) is 17.2 Å². The Morgan fingerprint density at radius 2 is 1.96 bits per heavy atom. The van der Waals surface area contributed by atoms with E-state index in [-0.39, 0.29) is 18.4 Å². The molecule has 0 saturated heterocycles. The molecule has 1 heterocycles. The first-order chi connectivity index (χ1) is 12.2. The molecule has 0 atom stereocenters. The smallest absolute Gasteiger partial charge is 0.262 e. The molecule has 0 aliphatic carbocycles. The highest BCUT2D eigenvalue weighted by Crippen LogP contribution is 2.28. The van der Waals surface area contributed by atoms with Crippen molar-refractivity contribution < 1.29 is 23.8 Å². The van der Waals surface area contributed by atoms with Crippen molar-refractivity contribution in [1.82, 2.24) is 5.32 Å². The van der Waals surface area contributed by atoms with E-state index in [1.165, 1.54) is 0 Å². The van der Waals surface area contributed by atoms with E-state index in [4.69, 9.17) is 14.2 Å². The van der Waals surface area contributed by atoms with Crippen molar-refractivity contribution in [3.63, 3.8) is 0 Å². The van der Waals surface area contributed by atoms with Gasteiger partial charge in [-0.2, -0.15) is 0 Å². The number of amides is 2. The Morgan fingerprint density at radius 1 is 1.20 bits per heavy atom. The predicted octanol–water partition coefficient (Wildman–Crippen LogP) is 1.83. The average molecular weight is 342 g/mol. The van der Waals surface area contributed by atoms with E-state index in [2.05, 4.69) is 10.6 Å². The summed E-state index contributed by atoms with van der Waals surface area (Å²) in [6.45, 7) is 0.676. The van der Waals surface area contributed by atoms with Crippen LogP contribution in [0.5, 0.6) is 17.2 Å². The number of nitrogens with one attached hydrogen (secondary N) is 2. The Morgan fingerprint density at radius 3 is 2.72 bits per heavy atom. The van der Waals surface area contributed by atoms with Gasteiger partial charge in [0, 0.05) is 5.56 Å². The molecular formula is C18H18N2O5. The lowest BCUT2D eigenvalue weighted by molar-refractivity contribution is -0.118. The van der Waals surface area contributed by atoms with Gasteiger partial charge in [-0.15, -0.1) is 0 Å². The summed E-state index contributed by atoms with van der Waals surface area (Å²) < 4.78 is 15.9. The number of rotatable bonds is 6. The Kier molecular flexibility index (Phi) is 5.03. The van der Waals surface area contributed by atoms with Gasteiger partial charge in [0.2, 0.25) is 0 Å². The van der Waals surface area contributed by atoms with Crippen LogP contribution in [0.25, 0.3) is 0 Å². The lowest BCUT2D eigenvalue weighted by Crippen LogP contribution is -2.29. The van der Waals surface area contributed by atoms with Gasteiger partial charge < -0.3 is 24.8 Å². The average Bonchev–Trinajstić information content (AvgIpc) is 2.65. The maximum Gasteiger partial charge on any atom is 0.262 e. The Bertz CT molecular complexity index is 774. The van der Waals surface area contributed by atoms with E-state index >= 15 is 0 Å². The first-order valence-electron chi connectivity index (χ1n) is 7.77. The molecule has 1 aliphatic heterocycles. The van der Waals surface area contributed by atoms with Crippen LogP contribution in [0.2, 0.25) is 0 Å². The highest BCUT2D eigenvalue weighted by Gasteiger charge is 2.17. The zero-order valence-corrected chi connectivity index (χ0v) is 13.7. The van der Waals surface area contributed by atoms with Crippen molar-refractivity contribution in [3.05, 3.63) is 48.0 Å². The molecule has 0 aromatic heterocycles. The van der Waals surface area contributed by atoms with E-state index in [1.807, 2.05) is 0 Å². The maximum atomic E-state index is 12.2. The summed E-state index contributed by atoms with van der Waals surface area (Å²) in [6.07, 6.45) is 0. The van der Waals surface area contributed by atoms with Crippen LogP contribution in [0.3, 0.4) is 0 Å². The minimum Gasteiger partial charge on any atom is -0.497 e. The highest BCUT2D eigenvalue weighted by molar-refractivity contribution is 5.99. The van der Waals surface area contributed by atoms with E-state index in [0.29, 0.717) is 35.9 Å². The number of benzene rings is 2. The first kappa shape index (κ1) is 16.6. The molecule has 0 radical (unpaired) electrons. The van der Waals surface area contributed by atoms with E-state index < -0.39 is 0 Å². The molecule has 1 aliphatic rings. The van der Waals surface area contributed by atoms with Crippen LogP contribution in [0, 0.1) is 0 Å². The zero-order valence-electron chi connectivity index (χ0n) is 13.7. The topological polar surface area (TPSA) is 85.9 Å². The molecule has 2 N–H and O–H groups in total. The molecule has 7 nitrogen and oxygen atoms in total. The van der Waals surface area contributed by atoms with Crippen molar-refractivity contribution in [2.45, 2.75) is 0 Å². The molecule has 130 valence electrons. The summed E-state index contributed by atoms with van der Waals surface area (Å²) in [5.41, 5.74) is 0.937. The molecule has 0 bridgehead atoms. The second-order valence-corrected chi connectivity index (χ2v) is 5.33. The van der Waals surface area contributed by atoms with Crippen LogP contribution in [-0.4, -0.2) is 38.7 Å². The maximum absolute atomic E-state index is 12.2. The van der Waals surface area contributed by atoms with E-state index in [0.717, 1.165) is 5.75 Å². The van der Waals surface area contributed by atoms with Crippen LogP contribution in [0.4, 0.5) is 5.69 Å². The third kappa shape index (κ3) is 4.20. The second-order valence-electron chi connectivity index (χ2n) is 5.33. The molecule has 25 heavy (non-hydrogen) atoms. The third-order valence-corrected chi connectivity index (χ3v) is 3.59. The largest absolute Gasteiger partial charge is 0.497 e. The summed E-state index contributed by atoms with van der Waals surface area (Å²) in [4.78, 5) is 23.5. The van der Waals surface area contributed by atoms with Gasteiger partial charge in [0.1, 0.15) is 23.9 Å². The SMILES string of the molecule is COc1ccc(OCCNC(=O)c2ccc3c(c2)NC(=O)CO3)cc1. The number of anilines is 1. The number of ether oxygens (including phenoxy) is 3. The van der Waals surface area contributed by atoms with Crippen molar-refractivity contribution >= 4 is 17.5 Å². The summed E-state index contributed by atoms with van der Waals surface area (Å²) in [5, 5.41) is 5.44. The van der Waals surface area contributed by atoms with E-state index in [1.54, 1.807) is 49.6 Å². The Labute approximate surface area is 144 Å². The quantitative estimate of drug-likeness (QED) is 0.783.